The maximum atomic E-state index is 12.6. The van der Waals surface area contributed by atoms with Crippen molar-refractivity contribution in [2.24, 2.45) is 0 Å². The van der Waals surface area contributed by atoms with Crippen LogP contribution in [0.15, 0.2) is 91.0 Å². The molecule has 2 heterocycles. The Kier molecular flexibility index (Phi) is 7.55. The van der Waals surface area contributed by atoms with Crippen LogP contribution in [0, 0.1) is 0 Å². The van der Waals surface area contributed by atoms with Crippen molar-refractivity contribution in [2.45, 2.75) is 12.0 Å². The molecule has 4 aromatic carbocycles. The number of aromatic amines is 1. The molecule has 0 bridgehead atoms. The summed E-state index contributed by atoms with van der Waals surface area (Å²) in [4.78, 5) is 16.3. The van der Waals surface area contributed by atoms with E-state index in [0.29, 0.717) is 28.0 Å². The summed E-state index contributed by atoms with van der Waals surface area (Å²) in [6, 6.07) is 29.8. The highest BCUT2D eigenvalue weighted by molar-refractivity contribution is 6.32. The number of halogens is 1. The molecule has 0 saturated carbocycles. The van der Waals surface area contributed by atoms with Crippen LogP contribution in [0.3, 0.4) is 0 Å². The number of fused-ring (bicyclic) bond motifs is 3. The lowest BCUT2D eigenvalue weighted by Crippen LogP contribution is -2.34. The number of para-hydroxylation sites is 1. The summed E-state index contributed by atoms with van der Waals surface area (Å²) in [6.45, 7) is 0.603. The number of H-pyrrole nitrogens is 1. The van der Waals surface area contributed by atoms with Gasteiger partial charge in [0.25, 0.3) is 5.91 Å². The fourth-order valence-electron chi connectivity index (χ4n) is 5.55. The van der Waals surface area contributed by atoms with Gasteiger partial charge in [-0.1, -0.05) is 66.2 Å². The van der Waals surface area contributed by atoms with Crippen LogP contribution < -0.4 is 24.8 Å². The quantitative estimate of drug-likeness (QED) is 0.195. The van der Waals surface area contributed by atoms with Gasteiger partial charge in [0.1, 0.15) is 5.75 Å². The Balaban J connectivity index is 1.23. The highest BCUT2D eigenvalue weighted by Crippen LogP contribution is 2.42. The number of anilines is 1. The third-order valence-electron chi connectivity index (χ3n) is 7.46. The van der Waals surface area contributed by atoms with Gasteiger partial charge in [-0.05, 0) is 53.1 Å². The molecule has 7 nitrogen and oxygen atoms in total. The Morgan fingerprint density at radius 1 is 0.878 bits per heavy atom. The van der Waals surface area contributed by atoms with E-state index in [0.717, 1.165) is 23.3 Å². The molecule has 1 aliphatic heterocycles. The standard InChI is InChI=1S/C33H30ClN3O4/c1-39-27-15-13-22(17-25(27)34)36-30(38)19-41-28-14-12-21(16-29(28)40-2)32-33-31(23-10-6-7-11-26(23)37-33)24(18-35-32)20-8-4-3-5-9-20/h3-17,24,32,35,37H,18-19H2,1-2H3,(H,36,38)/t24-,32+/m0/s1. The zero-order valence-corrected chi connectivity index (χ0v) is 23.5. The number of ether oxygens (including phenoxy) is 3. The number of benzene rings is 4. The number of amides is 1. The van der Waals surface area contributed by atoms with E-state index in [2.05, 4.69) is 64.1 Å². The topological polar surface area (TPSA) is 84.6 Å². The summed E-state index contributed by atoms with van der Waals surface area (Å²) >= 11 is 6.17. The number of carbonyl (C=O) groups excluding carboxylic acids is 1. The molecule has 0 spiro atoms. The minimum absolute atomic E-state index is 0.0663. The van der Waals surface area contributed by atoms with Crippen molar-refractivity contribution in [3.63, 3.8) is 0 Å². The molecule has 6 rings (SSSR count). The highest BCUT2D eigenvalue weighted by Gasteiger charge is 2.32. The molecule has 2 atom stereocenters. The normalized spacial score (nSPS) is 16.2. The van der Waals surface area contributed by atoms with Gasteiger partial charge in [-0.3, -0.25) is 4.79 Å². The van der Waals surface area contributed by atoms with E-state index in [1.807, 2.05) is 24.3 Å². The molecular formula is C33H30ClN3O4. The average molecular weight is 568 g/mol. The van der Waals surface area contributed by atoms with Gasteiger partial charge in [-0.15, -0.1) is 0 Å². The van der Waals surface area contributed by atoms with Crippen LogP contribution in [0.2, 0.25) is 5.02 Å². The molecule has 1 amide bonds. The van der Waals surface area contributed by atoms with Gasteiger partial charge in [0.2, 0.25) is 0 Å². The first-order valence-electron chi connectivity index (χ1n) is 13.4. The van der Waals surface area contributed by atoms with E-state index in [-0.39, 0.29) is 24.5 Å². The first-order valence-corrected chi connectivity index (χ1v) is 13.8. The zero-order chi connectivity index (χ0) is 28.3. The third-order valence-corrected chi connectivity index (χ3v) is 7.75. The van der Waals surface area contributed by atoms with Crippen LogP contribution in [0.4, 0.5) is 5.69 Å². The number of hydrogen-bond acceptors (Lipinski definition) is 5. The Morgan fingerprint density at radius 3 is 2.41 bits per heavy atom. The van der Waals surface area contributed by atoms with Crippen molar-refractivity contribution in [1.29, 1.82) is 0 Å². The summed E-state index contributed by atoms with van der Waals surface area (Å²) in [5.74, 6) is 1.47. The number of carbonyl (C=O) groups is 1. The van der Waals surface area contributed by atoms with Gasteiger partial charge in [0, 0.05) is 34.7 Å². The molecule has 0 radical (unpaired) electrons. The molecule has 1 aromatic heterocycles. The molecule has 5 aromatic rings. The number of rotatable bonds is 8. The molecule has 41 heavy (non-hydrogen) atoms. The lowest BCUT2D eigenvalue weighted by atomic mass is 9.83. The second-order valence-corrected chi connectivity index (χ2v) is 10.3. The van der Waals surface area contributed by atoms with Crippen molar-refractivity contribution in [3.05, 3.63) is 118 Å². The second kappa shape index (κ2) is 11.6. The van der Waals surface area contributed by atoms with Crippen LogP contribution in [0.5, 0.6) is 17.2 Å². The van der Waals surface area contributed by atoms with Crippen molar-refractivity contribution in [3.8, 4) is 17.2 Å². The van der Waals surface area contributed by atoms with Crippen LogP contribution in [-0.4, -0.2) is 38.3 Å². The van der Waals surface area contributed by atoms with E-state index in [1.165, 1.54) is 23.6 Å². The molecule has 208 valence electrons. The Hall–Kier alpha value is -4.46. The van der Waals surface area contributed by atoms with Gasteiger partial charge in [0.15, 0.2) is 18.1 Å². The minimum Gasteiger partial charge on any atom is -0.495 e. The molecule has 3 N–H and O–H groups in total. The summed E-state index contributed by atoms with van der Waals surface area (Å²) < 4.78 is 16.7. The Bertz CT molecular complexity index is 1700. The van der Waals surface area contributed by atoms with E-state index < -0.39 is 0 Å². The minimum atomic E-state index is -0.319. The average Bonchev–Trinajstić information content (AvgIpc) is 3.40. The summed E-state index contributed by atoms with van der Waals surface area (Å²) in [6.07, 6.45) is 0. The van der Waals surface area contributed by atoms with Crippen LogP contribution in [0.1, 0.15) is 34.3 Å². The number of aromatic nitrogens is 1. The summed E-state index contributed by atoms with van der Waals surface area (Å²) in [7, 11) is 3.14. The predicted molar refractivity (Wildman–Crippen MR) is 162 cm³/mol. The lowest BCUT2D eigenvalue weighted by molar-refractivity contribution is -0.118. The first-order chi connectivity index (χ1) is 20.1. The molecule has 1 aliphatic rings. The molecule has 0 saturated heterocycles. The number of methoxy groups -OCH3 is 2. The third kappa shape index (κ3) is 5.34. The van der Waals surface area contributed by atoms with Gasteiger partial charge in [0.05, 0.1) is 25.3 Å². The van der Waals surface area contributed by atoms with Crippen LogP contribution in [-0.2, 0) is 4.79 Å². The van der Waals surface area contributed by atoms with Crippen molar-refractivity contribution >= 4 is 34.1 Å². The van der Waals surface area contributed by atoms with E-state index in [4.69, 9.17) is 25.8 Å². The molecule has 8 heteroatoms. The maximum Gasteiger partial charge on any atom is 0.262 e. The van der Waals surface area contributed by atoms with Crippen LogP contribution >= 0.6 is 11.6 Å². The SMILES string of the molecule is COc1ccc(NC(=O)COc2ccc([C@H]3NC[C@@H](c4ccccc4)c4c3[nH]c3ccccc43)cc2OC)cc1Cl. The molecule has 0 unspecified atom stereocenters. The number of nitrogens with one attached hydrogen (secondary N) is 3. The second-order valence-electron chi connectivity index (χ2n) is 9.90. The summed E-state index contributed by atoms with van der Waals surface area (Å²) in [5.41, 5.74) is 6.43. The molecule has 0 aliphatic carbocycles. The zero-order valence-electron chi connectivity index (χ0n) is 22.7. The van der Waals surface area contributed by atoms with Gasteiger partial charge < -0.3 is 29.8 Å². The first kappa shape index (κ1) is 26.7. The predicted octanol–water partition coefficient (Wildman–Crippen LogP) is 6.68. The molecular weight excluding hydrogens is 538 g/mol. The largest absolute Gasteiger partial charge is 0.495 e. The number of hydrogen-bond donors (Lipinski definition) is 3. The van der Waals surface area contributed by atoms with Gasteiger partial charge >= 0.3 is 0 Å². The fourth-order valence-corrected chi connectivity index (χ4v) is 5.81. The van der Waals surface area contributed by atoms with Crippen LogP contribution in [0.25, 0.3) is 10.9 Å². The van der Waals surface area contributed by atoms with Crippen molar-refractivity contribution < 1.29 is 19.0 Å². The molecule has 0 fully saturated rings. The van der Waals surface area contributed by atoms with Gasteiger partial charge in [-0.2, -0.15) is 0 Å². The monoisotopic (exact) mass is 567 g/mol. The Morgan fingerprint density at radius 2 is 1.63 bits per heavy atom. The van der Waals surface area contributed by atoms with Crippen molar-refractivity contribution in [1.82, 2.24) is 10.3 Å². The van der Waals surface area contributed by atoms with Gasteiger partial charge in [-0.25, -0.2) is 0 Å². The van der Waals surface area contributed by atoms with E-state index in [1.54, 1.807) is 25.3 Å². The lowest BCUT2D eigenvalue weighted by Gasteiger charge is -2.31. The highest BCUT2D eigenvalue weighted by atomic mass is 35.5. The fraction of sp³-hybridized carbons (Fsp3) is 0.182. The Labute approximate surface area is 243 Å². The van der Waals surface area contributed by atoms with Crippen molar-refractivity contribution in [2.75, 3.05) is 32.7 Å². The van der Waals surface area contributed by atoms with E-state index in [9.17, 15) is 4.79 Å². The maximum absolute atomic E-state index is 12.6. The smallest absolute Gasteiger partial charge is 0.262 e. The summed E-state index contributed by atoms with van der Waals surface area (Å²) in [5, 5.41) is 8.18. The van der Waals surface area contributed by atoms with E-state index >= 15 is 0 Å².